The van der Waals surface area contributed by atoms with Crippen molar-refractivity contribution in [3.05, 3.63) is 53.3 Å². The van der Waals surface area contributed by atoms with Crippen LogP contribution in [0.15, 0.2) is 36.4 Å². The number of hydrogen-bond donors (Lipinski definition) is 6. The standard InChI is InChI=1S/C58H86N14O16/c1-10-59-56(84)55-63-62-54(42-29-41(38(4)5)44(73)30-45(42)74)72(55)40-15-13-39(14-16-40)31-70-25-27-71(28-26-70)48(77)19-20-60-46(75)32-67(9)57(85)43(17-18-50(79)80)61-47(76)33-66(8)49(78)34-68(11-2)23-21-64(6)35-51(81)86-58-87-52(82)36-65(7)22-24-69(12-3)37-53(83)88-58/h13-16,29-30,38,43,58,73-74H,10-12,17-28,31-37H2,1-9H3,(H,59,84)(H,60,75)(H,61,76)(H,79,80)/t43-,58?/m1/s1. The van der Waals surface area contributed by atoms with Crippen molar-refractivity contribution in [1.29, 1.82) is 0 Å². The number of nitrogens with zero attached hydrogens (tertiary/aromatic N) is 11. The summed E-state index contributed by atoms with van der Waals surface area (Å²) in [6.45, 7) is 11.2. The van der Waals surface area contributed by atoms with Crippen molar-refractivity contribution in [2.75, 3.05) is 146 Å². The minimum absolute atomic E-state index is 0.0124. The van der Waals surface area contributed by atoms with Crippen LogP contribution < -0.4 is 16.0 Å². The smallest absolute Gasteiger partial charge is 0.412 e. The number of likely N-dealkylation sites (N-methyl/N-ethyl adjacent to an activating group) is 6. The Morgan fingerprint density at radius 3 is 2.06 bits per heavy atom. The molecule has 0 saturated carbocycles. The summed E-state index contributed by atoms with van der Waals surface area (Å²) in [5, 5.41) is 47.2. The van der Waals surface area contributed by atoms with E-state index in [0.717, 1.165) is 15.4 Å². The molecule has 3 heterocycles. The predicted octanol–water partition coefficient (Wildman–Crippen LogP) is -0.930. The molecular formula is C58H86N14O16. The summed E-state index contributed by atoms with van der Waals surface area (Å²) in [6, 6.07) is 8.99. The molecule has 88 heavy (non-hydrogen) atoms. The van der Waals surface area contributed by atoms with Gasteiger partial charge in [-0.1, -0.05) is 39.8 Å². The number of carboxylic acid groups (broad SMARTS) is 1. The molecule has 0 radical (unpaired) electrons. The third kappa shape index (κ3) is 21.8. The molecule has 484 valence electrons. The fourth-order valence-electron chi connectivity index (χ4n) is 9.56. The molecule has 3 aromatic rings. The number of phenolic OH excluding ortho intramolecular Hbond substituents is 2. The molecule has 2 saturated heterocycles. The van der Waals surface area contributed by atoms with Crippen LogP contribution in [0.25, 0.3) is 17.1 Å². The fraction of sp³-hybridized carbons (Fsp3) is 0.586. The molecule has 6 N–H and O–H groups in total. The number of hydrogen-bond acceptors (Lipinski definition) is 22. The van der Waals surface area contributed by atoms with E-state index < -0.39 is 85.4 Å². The highest BCUT2D eigenvalue weighted by Gasteiger charge is 2.31. The molecule has 2 aliphatic rings. The van der Waals surface area contributed by atoms with Gasteiger partial charge in [0, 0.05) is 111 Å². The van der Waals surface area contributed by atoms with Gasteiger partial charge in [0.05, 0.1) is 44.8 Å². The molecule has 0 aliphatic carbocycles. The number of aromatic hydroxyl groups is 2. The van der Waals surface area contributed by atoms with E-state index in [1.165, 1.54) is 20.2 Å². The van der Waals surface area contributed by atoms with Crippen molar-refractivity contribution >= 4 is 59.3 Å². The molecule has 1 aromatic heterocycles. The van der Waals surface area contributed by atoms with E-state index in [1.807, 2.05) is 56.9 Å². The summed E-state index contributed by atoms with van der Waals surface area (Å²) >= 11 is 0. The van der Waals surface area contributed by atoms with Crippen LogP contribution in [0.5, 0.6) is 11.5 Å². The van der Waals surface area contributed by atoms with Crippen molar-refractivity contribution in [3.8, 4) is 28.6 Å². The van der Waals surface area contributed by atoms with Gasteiger partial charge in [0.15, 0.2) is 5.82 Å². The monoisotopic (exact) mass is 1230 g/mol. The first-order chi connectivity index (χ1) is 41.8. The summed E-state index contributed by atoms with van der Waals surface area (Å²) in [7, 11) is 6.03. The van der Waals surface area contributed by atoms with Crippen molar-refractivity contribution in [3.63, 3.8) is 0 Å². The average Bonchev–Trinajstić information content (AvgIpc) is 2.19. The molecular weight excluding hydrogens is 1150 g/mol. The van der Waals surface area contributed by atoms with E-state index in [4.69, 9.17) is 14.2 Å². The molecule has 2 fully saturated rings. The molecule has 2 aliphatic heterocycles. The van der Waals surface area contributed by atoms with Crippen LogP contribution in [0.2, 0.25) is 0 Å². The fourth-order valence-corrected chi connectivity index (χ4v) is 9.56. The first-order valence-electron chi connectivity index (χ1n) is 29.4. The van der Waals surface area contributed by atoms with Gasteiger partial charge in [-0.2, -0.15) is 0 Å². The Labute approximate surface area is 511 Å². The first-order valence-corrected chi connectivity index (χ1v) is 29.4. The van der Waals surface area contributed by atoms with E-state index in [9.17, 15) is 63.3 Å². The highest BCUT2D eigenvalue weighted by atomic mass is 16.9. The maximum Gasteiger partial charge on any atom is 0.412 e. The molecule has 2 atom stereocenters. The number of rotatable bonds is 29. The maximum absolute atomic E-state index is 13.6. The minimum Gasteiger partial charge on any atom is -0.508 e. The number of carbonyl (C=O) groups excluding carboxylic acids is 9. The zero-order valence-electron chi connectivity index (χ0n) is 51.8. The summed E-state index contributed by atoms with van der Waals surface area (Å²) in [5.74, 6) is -6.90. The normalized spacial score (nSPS) is 15.9. The lowest BCUT2D eigenvalue weighted by atomic mass is 9.98. The molecule has 1 unspecified atom stereocenters. The van der Waals surface area contributed by atoms with Gasteiger partial charge in [-0.05, 0) is 75.8 Å². The van der Waals surface area contributed by atoms with Crippen molar-refractivity contribution in [2.24, 2.45) is 0 Å². The Morgan fingerprint density at radius 1 is 0.761 bits per heavy atom. The highest BCUT2D eigenvalue weighted by molar-refractivity contribution is 5.93. The van der Waals surface area contributed by atoms with Gasteiger partial charge in [-0.15, -0.1) is 10.2 Å². The zero-order valence-corrected chi connectivity index (χ0v) is 51.8. The number of carboxylic acids is 1. The lowest BCUT2D eigenvalue weighted by molar-refractivity contribution is -0.258. The third-order valence-corrected chi connectivity index (χ3v) is 14.7. The highest BCUT2D eigenvalue weighted by Crippen LogP contribution is 2.38. The maximum atomic E-state index is 13.6. The number of nitrogens with one attached hydrogen (secondary N) is 3. The summed E-state index contributed by atoms with van der Waals surface area (Å²) in [6.07, 6.45) is -0.814. The molecule has 6 amide bonds. The Hall–Kier alpha value is -8.32. The number of ether oxygens (including phenoxy) is 3. The number of amides is 6. The van der Waals surface area contributed by atoms with E-state index in [-0.39, 0.29) is 93.6 Å². The van der Waals surface area contributed by atoms with Crippen LogP contribution in [0.3, 0.4) is 0 Å². The summed E-state index contributed by atoms with van der Waals surface area (Å²) in [4.78, 5) is 142. The molecule has 30 heteroatoms. The van der Waals surface area contributed by atoms with Gasteiger partial charge >= 0.3 is 30.4 Å². The van der Waals surface area contributed by atoms with Gasteiger partial charge < -0.3 is 60.2 Å². The Morgan fingerprint density at radius 2 is 1.42 bits per heavy atom. The van der Waals surface area contributed by atoms with Crippen molar-refractivity contribution in [1.82, 2.24) is 69.9 Å². The number of esters is 3. The Bertz CT molecular complexity index is 2920. The first kappa shape index (κ1) is 70.4. The van der Waals surface area contributed by atoms with Gasteiger partial charge in [0.1, 0.15) is 17.5 Å². The number of piperazine rings is 1. The largest absolute Gasteiger partial charge is 0.508 e. The van der Waals surface area contributed by atoms with Gasteiger partial charge in [0.25, 0.3) is 5.91 Å². The SMILES string of the molecule is CCNC(=O)c1nnc(-c2cc(C(C)C)c(O)cc2O)n1-c1ccc(CN2CCN(C(=O)CCNC(=O)CN(C)C(=O)[C@@H](CCC(=O)O)NC(=O)CN(C)C(=O)CN(CC)CCN(C)CC(=O)OC3OC(=O)CN(C)CCN(CC)CC(=O)O3)CC2)cc1. The lowest BCUT2D eigenvalue weighted by Gasteiger charge is -2.35. The predicted molar refractivity (Wildman–Crippen MR) is 317 cm³/mol. The second-order valence-corrected chi connectivity index (χ2v) is 22.0. The van der Waals surface area contributed by atoms with Crippen LogP contribution >= 0.6 is 0 Å². The number of aromatic nitrogens is 3. The molecule has 2 aromatic carbocycles. The minimum atomic E-state index is -1.88. The number of aliphatic carboxylic acids is 1. The molecule has 0 bridgehead atoms. The van der Waals surface area contributed by atoms with E-state index in [0.29, 0.717) is 82.3 Å². The molecule has 0 spiro atoms. The van der Waals surface area contributed by atoms with Gasteiger partial charge in [-0.25, -0.2) is 0 Å². The summed E-state index contributed by atoms with van der Waals surface area (Å²) < 4.78 is 17.1. The third-order valence-electron chi connectivity index (χ3n) is 14.7. The van der Waals surface area contributed by atoms with Gasteiger partial charge in [0.2, 0.25) is 35.4 Å². The van der Waals surface area contributed by atoms with Crippen molar-refractivity contribution < 1.29 is 77.5 Å². The van der Waals surface area contributed by atoms with Crippen LogP contribution in [-0.4, -0.2) is 287 Å². The lowest BCUT2D eigenvalue weighted by Crippen LogP contribution is -2.52. The summed E-state index contributed by atoms with van der Waals surface area (Å²) in [5.41, 5.74) is 2.40. The topological polar surface area (TPSA) is 352 Å². The second kappa shape index (κ2) is 34.3. The second-order valence-electron chi connectivity index (χ2n) is 22.0. The number of carbonyl (C=O) groups is 10. The molecule has 30 nitrogen and oxygen atoms in total. The van der Waals surface area contributed by atoms with Gasteiger partial charge in [-0.3, -0.25) is 77.0 Å². The van der Waals surface area contributed by atoms with E-state index in [1.54, 1.807) is 51.3 Å². The van der Waals surface area contributed by atoms with Crippen LogP contribution in [0.4, 0.5) is 0 Å². The Kier molecular flexibility index (Phi) is 27.4. The number of cyclic esters (lactones) is 2. The molecule has 5 rings (SSSR count). The number of benzene rings is 2. The van der Waals surface area contributed by atoms with E-state index >= 15 is 0 Å². The number of phenols is 2. The quantitative estimate of drug-likeness (QED) is 0.0457. The van der Waals surface area contributed by atoms with Crippen LogP contribution in [0, 0.1) is 0 Å². The Balaban J connectivity index is 1.03. The van der Waals surface area contributed by atoms with E-state index in [2.05, 4.69) is 31.0 Å². The average molecular weight is 1240 g/mol. The van der Waals surface area contributed by atoms with Crippen molar-refractivity contribution in [2.45, 2.75) is 78.9 Å². The van der Waals surface area contributed by atoms with Crippen LogP contribution in [-0.2, 0) is 63.9 Å². The van der Waals surface area contributed by atoms with Crippen LogP contribution in [0.1, 0.15) is 81.5 Å². The zero-order chi connectivity index (χ0) is 64.8.